The van der Waals surface area contributed by atoms with Gasteiger partial charge < -0.3 is 0 Å². The van der Waals surface area contributed by atoms with Crippen LogP contribution in [0, 0.1) is 6.92 Å². The smallest absolute Gasteiger partial charge is 0.260 e. The molecule has 2 aromatic heterocycles. The number of nitrogens with zero attached hydrogens (tertiary/aromatic N) is 4. The van der Waals surface area contributed by atoms with Crippen LogP contribution in [0.2, 0.25) is 0 Å². The van der Waals surface area contributed by atoms with Gasteiger partial charge in [-0.1, -0.05) is 49.7 Å². The third-order valence-electron chi connectivity index (χ3n) is 7.18. The topological polar surface area (TPSA) is 83.5 Å². The van der Waals surface area contributed by atoms with Gasteiger partial charge in [0.15, 0.2) is 5.13 Å². The van der Waals surface area contributed by atoms with Crippen LogP contribution in [0.1, 0.15) is 60.5 Å². The van der Waals surface area contributed by atoms with Crippen molar-refractivity contribution in [3.05, 3.63) is 83.7 Å². The molecule has 2 heterocycles. The van der Waals surface area contributed by atoms with Crippen LogP contribution in [-0.4, -0.2) is 41.2 Å². The van der Waals surface area contributed by atoms with Crippen LogP contribution in [0.15, 0.2) is 71.9 Å². The molecule has 0 N–H and O–H groups in total. The van der Waals surface area contributed by atoms with Crippen molar-refractivity contribution in [2.45, 2.75) is 63.4 Å². The Bertz CT molecular complexity index is 1510. The average molecular weight is 549 g/mol. The monoisotopic (exact) mass is 548 g/mol. The van der Waals surface area contributed by atoms with E-state index in [1.54, 1.807) is 45.9 Å². The van der Waals surface area contributed by atoms with Gasteiger partial charge in [0.2, 0.25) is 10.0 Å². The van der Waals surface area contributed by atoms with Gasteiger partial charge in [0.05, 0.1) is 21.7 Å². The molecule has 1 saturated carbocycles. The summed E-state index contributed by atoms with van der Waals surface area (Å²) in [6.07, 6.45) is 8.48. The molecule has 1 amide bonds. The van der Waals surface area contributed by atoms with Gasteiger partial charge in [-0.2, -0.15) is 4.31 Å². The molecular weight excluding hydrogens is 516 g/mol. The maximum Gasteiger partial charge on any atom is 0.260 e. The number of sulfonamides is 1. The highest BCUT2D eigenvalue weighted by molar-refractivity contribution is 7.89. The summed E-state index contributed by atoms with van der Waals surface area (Å²) in [4.78, 5) is 24.6. The second kappa shape index (κ2) is 11.3. The minimum Gasteiger partial charge on any atom is -0.279 e. The van der Waals surface area contributed by atoms with Gasteiger partial charge in [0.25, 0.3) is 5.91 Å². The lowest BCUT2D eigenvalue weighted by Crippen LogP contribution is -2.41. The predicted molar refractivity (Wildman–Crippen MR) is 152 cm³/mol. The molecule has 0 aliphatic heterocycles. The van der Waals surface area contributed by atoms with Crippen molar-refractivity contribution >= 4 is 42.6 Å². The number of pyridine rings is 1. The Hall–Kier alpha value is -3.14. The Labute approximate surface area is 228 Å². The third-order valence-corrected chi connectivity index (χ3v) is 10.3. The van der Waals surface area contributed by atoms with E-state index in [4.69, 9.17) is 4.98 Å². The lowest BCUT2D eigenvalue weighted by molar-refractivity contribution is 0.0985. The first-order valence-electron chi connectivity index (χ1n) is 13.1. The second-order valence-electron chi connectivity index (χ2n) is 9.69. The van der Waals surface area contributed by atoms with Crippen molar-refractivity contribution in [3.8, 4) is 0 Å². The van der Waals surface area contributed by atoms with Crippen molar-refractivity contribution in [2.24, 2.45) is 0 Å². The minimum absolute atomic E-state index is 0.0402. The normalized spacial score (nSPS) is 14.7. The van der Waals surface area contributed by atoms with E-state index >= 15 is 0 Å². The molecule has 0 radical (unpaired) electrons. The van der Waals surface area contributed by atoms with E-state index in [9.17, 15) is 13.2 Å². The average Bonchev–Trinajstić information content (AvgIpc) is 3.38. The second-order valence-corrected chi connectivity index (χ2v) is 12.6. The molecule has 1 fully saturated rings. The van der Waals surface area contributed by atoms with E-state index in [2.05, 4.69) is 4.98 Å². The number of rotatable bonds is 8. The summed E-state index contributed by atoms with van der Waals surface area (Å²) in [5, 5.41) is 0.599. The van der Waals surface area contributed by atoms with Crippen LogP contribution in [0.5, 0.6) is 0 Å². The Morgan fingerprint density at radius 2 is 1.71 bits per heavy atom. The van der Waals surface area contributed by atoms with Gasteiger partial charge >= 0.3 is 0 Å². The van der Waals surface area contributed by atoms with Crippen LogP contribution in [0.3, 0.4) is 0 Å². The summed E-state index contributed by atoms with van der Waals surface area (Å²) >= 11 is 1.47. The van der Waals surface area contributed by atoms with Gasteiger partial charge in [0.1, 0.15) is 0 Å². The molecule has 0 bridgehead atoms. The highest BCUT2D eigenvalue weighted by Gasteiger charge is 2.31. The number of anilines is 1. The van der Waals surface area contributed by atoms with Crippen molar-refractivity contribution in [1.82, 2.24) is 14.3 Å². The van der Waals surface area contributed by atoms with Crippen molar-refractivity contribution in [3.63, 3.8) is 0 Å². The maximum atomic E-state index is 13.8. The van der Waals surface area contributed by atoms with Gasteiger partial charge in [-0.25, -0.2) is 13.4 Å². The molecule has 1 aliphatic carbocycles. The van der Waals surface area contributed by atoms with Crippen LogP contribution in [-0.2, 0) is 16.6 Å². The number of fused-ring (bicyclic) bond motifs is 1. The van der Waals surface area contributed by atoms with Crippen molar-refractivity contribution < 1.29 is 13.2 Å². The molecule has 5 rings (SSSR count). The molecule has 4 aromatic rings. The zero-order valence-electron chi connectivity index (χ0n) is 21.7. The number of benzene rings is 2. The molecule has 2 aromatic carbocycles. The van der Waals surface area contributed by atoms with Crippen molar-refractivity contribution in [2.75, 3.05) is 11.4 Å². The first-order valence-corrected chi connectivity index (χ1v) is 15.3. The quantitative estimate of drug-likeness (QED) is 0.262. The Morgan fingerprint density at radius 3 is 2.37 bits per heavy atom. The Kier molecular flexibility index (Phi) is 7.88. The van der Waals surface area contributed by atoms with Gasteiger partial charge in [0, 0.05) is 30.5 Å². The largest absolute Gasteiger partial charge is 0.279 e. The number of aryl methyl sites for hydroxylation is 1. The molecule has 198 valence electrons. The third kappa shape index (κ3) is 5.36. The molecule has 7 nitrogen and oxygen atoms in total. The van der Waals surface area contributed by atoms with E-state index < -0.39 is 10.0 Å². The fourth-order valence-electron chi connectivity index (χ4n) is 5.14. The molecule has 9 heteroatoms. The number of carbonyl (C=O) groups excluding carboxylic acids is 1. The summed E-state index contributed by atoms with van der Waals surface area (Å²) in [6.45, 7) is 4.66. The van der Waals surface area contributed by atoms with E-state index in [1.807, 2.05) is 44.2 Å². The maximum absolute atomic E-state index is 13.8. The Morgan fingerprint density at radius 1 is 1.00 bits per heavy atom. The molecule has 1 aliphatic rings. The molecule has 38 heavy (non-hydrogen) atoms. The lowest BCUT2D eigenvalue weighted by Gasteiger charge is -2.32. The Balaban J connectivity index is 1.45. The summed E-state index contributed by atoms with van der Waals surface area (Å²) in [6, 6.07) is 16.1. The van der Waals surface area contributed by atoms with E-state index in [-0.39, 0.29) is 16.8 Å². The fraction of sp³-hybridized carbons (Fsp3) is 0.345. The summed E-state index contributed by atoms with van der Waals surface area (Å²) < 4.78 is 29.6. The number of para-hydroxylation sites is 1. The summed E-state index contributed by atoms with van der Waals surface area (Å²) in [5.74, 6) is -0.234. The van der Waals surface area contributed by atoms with Gasteiger partial charge in [-0.15, -0.1) is 0 Å². The van der Waals surface area contributed by atoms with E-state index in [0.29, 0.717) is 23.8 Å². The molecule has 0 atom stereocenters. The summed E-state index contributed by atoms with van der Waals surface area (Å²) in [7, 11) is -3.65. The number of thiazole rings is 1. The highest BCUT2D eigenvalue weighted by atomic mass is 32.2. The number of hydrogen-bond acceptors (Lipinski definition) is 6. The van der Waals surface area contributed by atoms with Gasteiger partial charge in [-0.05, 0) is 73.4 Å². The number of carbonyl (C=O) groups is 1. The van der Waals surface area contributed by atoms with Crippen molar-refractivity contribution in [1.29, 1.82) is 0 Å². The van der Waals surface area contributed by atoms with Crippen LogP contribution < -0.4 is 4.90 Å². The zero-order valence-corrected chi connectivity index (χ0v) is 23.3. The van der Waals surface area contributed by atoms with E-state index in [0.717, 1.165) is 53.4 Å². The van der Waals surface area contributed by atoms with Crippen LogP contribution in [0.25, 0.3) is 10.2 Å². The first kappa shape index (κ1) is 26.5. The molecule has 0 unspecified atom stereocenters. The van der Waals surface area contributed by atoms with E-state index in [1.165, 1.54) is 11.3 Å². The molecule has 0 saturated heterocycles. The fourth-order valence-corrected chi connectivity index (χ4v) is 7.88. The van der Waals surface area contributed by atoms with Crippen LogP contribution in [0.4, 0.5) is 5.13 Å². The summed E-state index contributed by atoms with van der Waals surface area (Å²) in [5.41, 5.74) is 3.27. The molecule has 0 spiro atoms. The number of amides is 1. The van der Waals surface area contributed by atoms with Crippen LogP contribution >= 0.6 is 11.3 Å². The highest BCUT2D eigenvalue weighted by Crippen LogP contribution is 2.33. The minimum atomic E-state index is -3.65. The standard InChI is InChI=1S/C29H32N4O3S2/c1-3-33(24-9-5-4-6-10-24)38(35,36)25-14-12-23(13-15-25)28(34)32(20-22-16-18-30-19-17-22)29-31-27-21(2)8-7-11-26(27)37-29/h7-8,11-19,24H,3-6,9-10,20H2,1-2H3. The number of aromatic nitrogens is 2. The predicted octanol–water partition coefficient (Wildman–Crippen LogP) is 6.19. The number of hydrogen-bond donors (Lipinski definition) is 0. The zero-order chi connectivity index (χ0) is 26.7. The molecular formula is C29H32N4O3S2. The first-order chi connectivity index (χ1) is 18.4. The SMILES string of the molecule is CCN(C1CCCCC1)S(=O)(=O)c1ccc(C(=O)N(Cc2ccncc2)c2nc3c(C)cccc3s2)cc1. The lowest BCUT2D eigenvalue weighted by atomic mass is 9.95. The van der Waals surface area contributed by atoms with Gasteiger partial charge in [-0.3, -0.25) is 14.7 Å².